The van der Waals surface area contributed by atoms with Gasteiger partial charge >= 0.3 is 0 Å². The number of anilines is 1. The van der Waals surface area contributed by atoms with E-state index in [4.69, 9.17) is 0 Å². The molecule has 0 radical (unpaired) electrons. The van der Waals surface area contributed by atoms with E-state index in [-0.39, 0.29) is 5.91 Å². The van der Waals surface area contributed by atoms with Crippen molar-refractivity contribution in [2.75, 3.05) is 4.90 Å². The average Bonchev–Trinajstić information content (AvgIpc) is 3.08. The van der Waals surface area contributed by atoms with Crippen molar-refractivity contribution in [1.82, 2.24) is 9.55 Å². The molecule has 1 aliphatic rings. The highest BCUT2D eigenvalue weighted by molar-refractivity contribution is 14.2. The molecular weight excluding hydrogens is 488 g/mol. The summed E-state index contributed by atoms with van der Waals surface area (Å²) in [4.78, 5) is 14.7. The SMILES string of the molecule is Cc1ccc2c(cnn2PI)c1N1Cc2cc(Br)ccc2C1=O. The molecule has 4 nitrogen and oxygen atoms in total. The van der Waals surface area contributed by atoms with Crippen LogP contribution in [-0.4, -0.2) is 15.5 Å². The quantitative estimate of drug-likeness (QED) is 0.365. The summed E-state index contributed by atoms with van der Waals surface area (Å²) >= 11 is 5.80. The van der Waals surface area contributed by atoms with Crippen molar-refractivity contribution in [3.63, 3.8) is 0 Å². The average molecular weight is 500 g/mol. The first-order chi connectivity index (χ1) is 11.1. The fraction of sp³-hybridized carbons (Fsp3) is 0.125. The summed E-state index contributed by atoms with van der Waals surface area (Å²) in [7, 11) is 0. The van der Waals surface area contributed by atoms with Gasteiger partial charge in [0, 0.05) is 15.4 Å². The molecule has 0 saturated carbocycles. The minimum atomic E-state index is 0.0628. The maximum atomic E-state index is 12.9. The van der Waals surface area contributed by atoms with Gasteiger partial charge in [0.15, 0.2) is 0 Å². The third kappa shape index (κ3) is 2.42. The lowest BCUT2D eigenvalue weighted by atomic mass is 10.1. The maximum absolute atomic E-state index is 12.9. The number of carbonyl (C=O) groups excluding carboxylic acids is 1. The molecule has 116 valence electrons. The molecule has 0 spiro atoms. The highest BCUT2D eigenvalue weighted by Gasteiger charge is 2.31. The molecule has 7 heteroatoms. The van der Waals surface area contributed by atoms with E-state index in [1.165, 1.54) is 0 Å². The lowest BCUT2D eigenvalue weighted by Crippen LogP contribution is -2.24. The Morgan fingerprint density at radius 3 is 2.91 bits per heavy atom. The van der Waals surface area contributed by atoms with E-state index in [0.29, 0.717) is 12.9 Å². The van der Waals surface area contributed by atoms with Crippen LogP contribution in [0.4, 0.5) is 5.69 Å². The monoisotopic (exact) mass is 499 g/mol. The second-order valence-electron chi connectivity index (χ2n) is 5.50. The van der Waals surface area contributed by atoms with Gasteiger partial charge in [0.25, 0.3) is 5.91 Å². The van der Waals surface area contributed by atoms with Crippen LogP contribution in [0.25, 0.3) is 10.9 Å². The molecule has 23 heavy (non-hydrogen) atoms. The fourth-order valence-electron chi connectivity index (χ4n) is 3.09. The van der Waals surface area contributed by atoms with Gasteiger partial charge in [-0.3, -0.25) is 4.79 Å². The van der Waals surface area contributed by atoms with E-state index in [9.17, 15) is 4.79 Å². The zero-order chi connectivity index (χ0) is 16.1. The van der Waals surface area contributed by atoms with E-state index < -0.39 is 0 Å². The third-order valence-corrected chi connectivity index (χ3v) is 6.53. The van der Waals surface area contributed by atoms with Crippen LogP contribution in [0.2, 0.25) is 0 Å². The minimum absolute atomic E-state index is 0.0628. The van der Waals surface area contributed by atoms with Gasteiger partial charge in [0.05, 0.1) is 30.3 Å². The Morgan fingerprint density at radius 1 is 1.30 bits per heavy atom. The van der Waals surface area contributed by atoms with Crippen molar-refractivity contribution in [3.05, 3.63) is 57.7 Å². The Kier molecular flexibility index (Phi) is 3.94. The molecule has 2 aromatic carbocycles. The molecule has 1 aromatic heterocycles. The smallest absolute Gasteiger partial charge is 0.258 e. The van der Waals surface area contributed by atoms with Gasteiger partial charge < -0.3 is 4.90 Å². The summed E-state index contributed by atoms with van der Waals surface area (Å²) in [5.41, 5.74) is 4.98. The van der Waals surface area contributed by atoms with Crippen molar-refractivity contribution < 1.29 is 4.79 Å². The Hall–Kier alpha value is -0.980. The fourth-order valence-corrected chi connectivity index (χ4v) is 5.04. The summed E-state index contributed by atoms with van der Waals surface area (Å²) in [5, 5.41) is 5.49. The number of carbonyl (C=O) groups is 1. The number of aryl methyl sites for hydroxylation is 1. The van der Waals surface area contributed by atoms with Gasteiger partial charge in [-0.1, -0.05) is 22.0 Å². The normalized spacial score (nSPS) is 14.4. The highest BCUT2D eigenvalue weighted by Crippen LogP contribution is 2.38. The number of aromatic nitrogens is 2. The molecule has 1 unspecified atom stereocenters. The summed E-state index contributed by atoms with van der Waals surface area (Å²) in [5.74, 6) is 0.0628. The van der Waals surface area contributed by atoms with Crippen LogP contribution in [0.3, 0.4) is 0 Å². The number of rotatable bonds is 2. The molecule has 0 aliphatic carbocycles. The van der Waals surface area contributed by atoms with Crippen LogP contribution in [-0.2, 0) is 6.54 Å². The number of amides is 1. The third-order valence-electron chi connectivity index (χ3n) is 4.15. The van der Waals surface area contributed by atoms with Crippen molar-refractivity contribution in [3.8, 4) is 0 Å². The summed E-state index contributed by atoms with van der Waals surface area (Å²) in [6, 6.07) is 9.99. The lowest BCUT2D eigenvalue weighted by molar-refractivity contribution is 0.0996. The van der Waals surface area contributed by atoms with E-state index in [0.717, 1.165) is 37.8 Å². The van der Waals surface area contributed by atoms with Crippen LogP contribution in [0.15, 0.2) is 41.0 Å². The van der Waals surface area contributed by atoms with Gasteiger partial charge in [-0.2, -0.15) is 5.10 Å². The maximum Gasteiger partial charge on any atom is 0.258 e. The second kappa shape index (κ2) is 5.83. The van der Waals surface area contributed by atoms with Crippen molar-refractivity contribution in [1.29, 1.82) is 0 Å². The van der Waals surface area contributed by atoms with E-state index >= 15 is 0 Å². The Morgan fingerprint density at radius 2 is 2.13 bits per heavy atom. The van der Waals surface area contributed by atoms with Crippen LogP contribution < -0.4 is 4.90 Å². The number of nitrogens with zero attached hydrogens (tertiary/aromatic N) is 3. The van der Waals surface area contributed by atoms with E-state index in [2.05, 4.69) is 55.2 Å². The minimum Gasteiger partial charge on any atom is -0.303 e. The van der Waals surface area contributed by atoms with E-state index in [1.54, 1.807) is 0 Å². The molecule has 2 heterocycles. The van der Waals surface area contributed by atoms with E-state index in [1.807, 2.05) is 40.7 Å². The lowest BCUT2D eigenvalue weighted by Gasteiger charge is -2.19. The highest BCUT2D eigenvalue weighted by atomic mass is 127. The predicted molar refractivity (Wildman–Crippen MR) is 107 cm³/mol. The van der Waals surface area contributed by atoms with Gasteiger partial charge in [-0.15, -0.1) is 0 Å². The standard InChI is InChI=1S/C16H12BrIN3OP/c1-9-2-5-14-13(7-19-21(14)23-18)15(9)20-8-10-6-11(17)3-4-12(10)16(20)22/h2-7,23H,8H2,1H3. The van der Waals surface area contributed by atoms with Gasteiger partial charge in [0.2, 0.25) is 0 Å². The van der Waals surface area contributed by atoms with Crippen LogP contribution >= 0.6 is 44.3 Å². The van der Waals surface area contributed by atoms with Crippen LogP contribution in [0, 0.1) is 6.92 Å². The molecule has 4 rings (SSSR count). The largest absolute Gasteiger partial charge is 0.303 e. The Balaban J connectivity index is 1.89. The first-order valence-electron chi connectivity index (χ1n) is 7.04. The molecule has 1 amide bonds. The summed E-state index contributed by atoms with van der Waals surface area (Å²) in [6.07, 6.45) is 2.41. The molecule has 1 atom stereocenters. The van der Waals surface area contributed by atoms with Crippen molar-refractivity contribution in [2.45, 2.75) is 13.5 Å². The molecule has 1 aliphatic heterocycles. The number of benzene rings is 2. The van der Waals surface area contributed by atoms with Gasteiger partial charge in [0.1, 0.15) is 0 Å². The van der Waals surface area contributed by atoms with Gasteiger partial charge in [-0.25, -0.2) is 4.45 Å². The first kappa shape index (κ1) is 15.5. The molecule has 0 saturated heterocycles. The molecule has 0 bridgehead atoms. The summed E-state index contributed by atoms with van der Waals surface area (Å²) < 4.78 is 2.98. The van der Waals surface area contributed by atoms with Crippen molar-refractivity contribution in [2.24, 2.45) is 0 Å². The predicted octanol–water partition coefficient (Wildman–Crippen LogP) is 5.06. The Labute approximate surface area is 156 Å². The number of halogens is 2. The first-order valence-corrected chi connectivity index (χ1v) is 11.9. The molecular formula is C16H12BrIN3OP. The zero-order valence-electron chi connectivity index (χ0n) is 12.2. The van der Waals surface area contributed by atoms with Crippen LogP contribution in [0.1, 0.15) is 21.5 Å². The molecule has 0 N–H and O–H groups in total. The second-order valence-corrected chi connectivity index (χ2v) is 8.45. The number of hydrogen-bond acceptors (Lipinski definition) is 2. The summed E-state index contributed by atoms with van der Waals surface area (Å²) in [6.45, 7) is 2.65. The van der Waals surface area contributed by atoms with Crippen molar-refractivity contribution >= 4 is 66.8 Å². The zero-order valence-corrected chi connectivity index (χ0v) is 16.9. The number of fused-ring (bicyclic) bond motifs is 2. The van der Waals surface area contributed by atoms with Gasteiger partial charge in [-0.05, 0) is 64.4 Å². The number of hydrogen-bond donors (Lipinski definition) is 0. The molecule has 3 aromatic rings. The topological polar surface area (TPSA) is 38.1 Å². The Bertz CT molecular complexity index is 956. The molecule has 0 fully saturated rings. The van der Waals surface area contributed by atoms with Crippen LogP contribution in [0.5, 0.6) is 0 Å².